The number of hydrogen-bond acceptors (Lipinski definition) is 0. The minimum Gasteiger partial charge on any atom is -0.0704 e. The Bertz CT molecular complexity index is 52.4. The van der Waals surface area contributed by atoms with E-state index in [2.05, 4.69) is 63.7 Å². The van der Waals surface area contributed by atoms with E-state index in [-0.39, 0.29) is 3.23 Å². The van der Waals surface area contributed by atoms with E-state index in [1.54, 1.807) is 0 Å². The highest BCUT2D eigenvalue weighted by Gasteiger charge is 2.23. The molecule has 0 aliphatic rings. The van der Waals surface area contributed by atoms with Crippen LogP contribution in [0.1, 0.15) is 6.92 Å². The smallest absolute Gasteiger partial charge is 0.0704 e. The molecule has 0 unspecified atom stereocenters. The SMILES string of the molecule is CC(Br)(Br)[C](Br)Br. The molecule has 0 amide bonds. The predicted molar refractivity (Wildman–Crippen MR) is 47.4 cm³/mol. The third kappa shape index (κ3) is 4.43. The fraction of sp³-hybridized carbons (Fsp3) is 0.667. The molecule has 0 fully saturated rings. The van der Waals surface area contributed by atoms with Crippen LogP contribution in [0.5, 0.6) is 0 Å². The van der Waals surface area contributed by atoms with E-state index in [4.69, 9.17) is 0 Å². The Morgan fingerprint density at radius 1 is 1.29 bits per heavy atom. The zero-order valence-electron chi connectivity index (χ0n) is 3.51. The fourth-order valence-electron chi connectivity index (χ4n) is 0. The van der Waals surface area contributed by atoms with Gasteiger partial charge in [-0.15, -0.1) is 0 Å². The van der Waals surface area contributed by atoms with Crippen molar-refractivity contribution in [1.82, 2.24) is 0 Å². The minimum absolute atomic E-state index is 0.125. The lowest BCUT2D eigenvalue weighted by Gasteiger charge is -2.12. The lowest BCUT2D eigenvalue weighted by atomic mass is 10.6. The highest BCUT2D eigenvalue weighted by atomic mass is 79.9. The zero-order chi connectivity index (χ0) is 6.08. The van der Waals surface area contributed by atoms with Crippen molar-refractivity contribution in [1.29, 1.82) is 0 Å². The topological polar surface area (TPSA) is 0 Å². The molecule has 0 aromatic carbocycles. The highest BCUT2D eigenvalue weighted by molar-refractivity contribution is 9.31. The number of halogens is 4. The van der Waals surface area contributed by atoms with Gasteiger partial charge in [-0.25, -0.2) is 0 Å². The van der Waals surface area contributed by atoms with Crippen LogP contribution in [0.4, 0.5) is 0 Å². The third-order valence-electron chi connectivity index (χ3n) is 0.332. The molecule has 0 aliphatic carbocycles. The molecule has 0 spiro atoms. The number of hydrogen-bond donors (Lipinski definition) is 0. The molecule has 0 nitrogen and oxygen atoms in total. The average Bonchev–Trinajstić information content (AvgIpc) is 1.31. The van der Waals surface area contributed by atoms with Gasteiger partial charge in [-0.1, -0.05) is 63.7 Å². The number of alkyl halides is 2. The van der Waals surface area contributed by atoms with Gasteiger partial charge in [0, 0.05) is 0 Å². The molecular formula is C3H3Br4. The predicted octanol–water partition coefficient (Wildman–Crippen LogP) is 3.77. The molecule has 1 radical (unpaired) electrons. The molecule has 0 rings (SSSR count). The zero-order valence-corrected chi connectivity index (χ0v) is 9.86. The Morgan fingerprint density at radius 3 is 1.43 bits per heavy atom. The van der Waals surface area contributed by atoms with Crippen molar-refractivity contribution in [2.45, 2.75) is 10.2 Å². The molecule has 0 bridgehead atoms. The van der Waals surface area contributed by atoms with E-state index in [0.29, 0.717) is 0 Å². The Labute approximate surface area is 76.9 Å². The molecule has 0 atom stereocenters. The van der Waals surface area contributed by atoms with Crippen LogP contribution in [0.2, 0.25) is 0 Å². The van der Waals surface area contributed by atoms with Crippen LogP contribution in [-0.4, -0.2) is 3.23 Å². The first-order valence-corrected chi connectivity index (χ1v) is 4.68. The lowest BCUT2D eigenvalue weighted by Crippen LogP contribution is -2.05. The van der Waals surface area contributed by atoms with Crippen molar-refractivity contribution < 1.29 is 0 Å². The summed E-state index contributed by atoms with van der Waals surface area (Å²) in [6.45, 7) is 1.96. The van der Waals surface area contributed by atoms with E-state index < -0.39 is 0 Å². The number of rotatable bonds is 1. The molecule has 0 N–H and O–H groups in total. The molecule has 0 aliphatic heterocycles. The van der Waals surface area contributed by atoms with E-state index in [1.807, 2.05) is 6.92 Å². The van der Waals surface area contributed by atoms with Crippen LogP contribution in [0.15, 0.2) is 0 Å². The maximum atomic E-state index is 3.33. The summed E-state index contributed by atoms with van der Waals surface area (Å²) in [5.74, 6) is 0. The first kappa shape index (κ1) is 8.92. The Balaban J connectivity index is 3.54. The van der Waals surface area contributed by atoms with Gasteiger partial charge in [-0.3, -0.25) is 0 Å². The molecule has 7 heavy (non-hydrogen) atoms. The molecule has 0 aromatic heterocycles. The van der Waals surface area contributed by atoms with Crippen molar-refractivity contribution in [2.24, 2.45) is 0 Å². The van der Waals surface area contributed by atoms with E-state index >= 15 is 0 Å². The lowest BCUT2D eigenvalue weighted by molar-refractivity contribution is 1.17. The van der Waals surface area contributed by atoms with Gasteiger partial charge < -0.3 is 0 Å². The Kier molecular flexibility index (Phi) is 4.05. The molecule has 0 heterocycles. The third-order valence-corrected chi connectivity index (χ3v) is 4.84. The summed E-state index contributed by atoms with van der Waals surface area (Å²) >= 11 is 13.1. The second-order valence-electron chi connectivity index (χ2n) is 1.15. The van der Waals surface area contributed by atoms with E-state index in [9.17, 15) is 0 Å². The molecular weight excluding hydrogens is 356 g/mol. The largest absolute Gasteiger partial charge is 0.132 e. The van der Waals surface area contributed by atoms with E-state index in [1.165, 1.54) is 0 Å². The quantitative estimate of drug-likeness (QED) is 0.626. The van der Waals surface area contributed by atoms with Crippen LogP contribution in [0, 0.1) is 3.74 Å². The van der Waals surface area contributed by atoms with Crippen LogP contribution in [0.25, 0.3) is 0 Å². The second-order valence-corrected chi connectivity index (χ2v) is 8.04. The maximum absolute atomic E-state index is 3.33. The standard InChI is InChI=1S/C3H3Br4/c1-3(6,7)2(4)5/h1H3. The van der Waals surface area contributed by atoms with Crippen molar-refractivity contribution in [2.75, 3.05) is 0 Å². The summed E-state index contributed by atoms with van der Waals surface area (Å²) in [5.41, 5.74) is 0. The molecule has 4 heteroatoms. The van der Waals surface area contributed by atoms with Crippen molar-refractivity contribution in [3.8, 4) is 0 Å². The first-order chi connectivity index (χ1) is 2.94. The summed E-state index contributed by atoms with van der Waals surface area (Å²) in [4.78, 5) is 0. The van der Waals surface area contributed by atoms with Crippen molar-refractivity contribution in [3.05, 3.63) is 3.74 Å². The molecule has 43 valence electrons. The van der Waals surface area contributed by atoms with Gasteiger partial charge in [0.1, 0.15) is 6.97 Å². The van der Waals surface area contributed by atoms with Gasteiger partial charge in [-0.05, 0) is 6.92 Å². The first-order valence-electron chi connectivity index (χ1n) is 1.51. The minimum atomic E-state index is -0.125. The Hall–Kier alpha value is 1.92. The summed E-state index contributed by atoms with van der Waals surface area (Å²) in [5, 5.41) is 0. The van der Waals surface area contributed by atoms with Gasteiger partial charge >= 0.3 is 0 Å². The van der Waals surface area contributed by atoms with Gasteiger partial charge in [0.15, 0.2) is 0 Å². The van der Waals surface area contributed by atoms with E-state index in [0.717, 1.165) is 3.74 Å². The fourth-order valence-corrected chi connectivity index (χ4v) is 0. The highest BCUT2D eigenvalue weighted by Crippen LogP contribution is 2.43. The van der Waals surface area contributed by atoms with Gasteiger partial charge in [-0.2, -0.15) is 0 Å². The average molecular weight is 359 g/mol. The van der Waals surface area contributed by atoms with Crippen molar-refractivity contribution >= 4 is 63.7 Å². The molecule has 0 saturated carbocycles. The second kappa shape index (κ2) is 3.18. The molecule has 0 saturated heterocycles. The van der Waals surface area contributed by atoms with Crippen LogP contribution < -0.4 is 0 Å². The monoisotopic (exact) mass is 355 g/mol. The normalized spacial score (nSPS) is 12.9. The maximum Gasteiger partial charge on any atom is 0.132 e. The Morgan fingerprint density at radius 2 is 1.43 bits per heavy atom. The summed E-state index contributed by atoms with van der Waals surface area (Å²) in [7, 11) is 0. The molecule has 0 aromatic rings. The summed E-state index contributed by atoms with van der Waals surface area (Å²) in [6.07, 6.45) is 0. The summed E-state index contributed by atoms with van der Waals surface area (Å²) in [6, 6.07) is 0. The van der Waals surface area contributed by atoms with Crippen molar-refractivity contribution in [3.63, 3.8) is 0 Å². The van der Waals surface area contributed by atoms with Gasteiger partial charge in [0.2, 0.25) is 0 Å². The van der Waals surface area contributed by atoms with Gasteiger partial charge in [0.05, 0.1) is 0 Å². The summed E-state index contributed by atoms with van der Waals surface area (Å²) < 4.78 is 0.826. The van der Waals surface area contributed by atoms with Gasteiger partial charge in [0.25, 0.3) is 0 Å². The van der Waals surface area contributed by atoms with Crippen LogP contribution >= 0.6 is 63.7 Å². The van der Waals surface area contributed by atoms with Crippen LogP contribution in [-0.2, 0) is 0 Å². The van der Waals surface area contributed by atoms with Crippen LogP contribution in [0.3, 0.4) is 0 Å².